The monoisotopic (exact) mass is 411 g/mol. The van der Waals surface area contributed by atoms with Crippen molar-refractivity contribution in [3.05, 3.63) is 77.3 Å². The van der Waals surface area contributed by atoms with E-state index >= 15 is 0 Å². The molecule has 1 atom stereocenters. The Hall–Kier alpha value is -3.39. The lowest BCUT2D eigenvalue weighted by atomic mass is 9.94. The Labute approximate surface area is 173 Å². The van der Waals surface area contributed by atoms with Gasteiger partial charge in [0, 0.05) is 54.7 Å². The summed E-state index contributed by atoms with van der Waals surface area (Å²) >= 11 is 0. The quantitative estimate of drug-likeness (QED) is 0.642. The van der Waals surface area contributed by atoms with Gasteiger partial charge < -0.3 is 15.5 Å². The summed E-state index contributed by atoms with van der Waals surface area (Å²) in [4.78, 5) is 0. The maximum absolute atomic E-state index is 14.3. The van der Waals surface area contributed by atoms with Crippen molar-refractivity contribution in [3.63, 3.8) is 0 Å². The Kier molecular flexibility index (Phi) is 5.17. The van der Waals surface area contributed by atoms with Crippen LogP contribution >= 0.6 is 0 Å². The number of rotatable bonds is 3. The van der Waals surface area contributed by atoms with Crippen molar-refractivity contribution in [2.75, 3.05) is 6.54 Å². The minimum absolute atomic E-state index is 0.0143. The lowest BCUT2D eigenvalue weighted by Crippen LogP contribution is -2.31. The van der Waals surface area contributed by atoms with Crippen molar-refractivity contribution in [1.82, 2.24) is 14.8 Å². The number of benzene rings is 2. The normalized spacial score (nSPS) is 18.0. The predicted molar refractivity (Wildman–Crippen MR) is 111 cm³/mol. The molecular weight excluding hydrogens is 388 g/mol. The molecule has 0 bridgehead atoms. The molecule has 0 amide bonds. The Morgan fingerprint density at radius 1 is 1.17 bits per heavy atom. The Morgan fingerprint density at radius 2 is 1.97 bits per heavy atom. The van der Waals surface area contributed by atoms with Crippen molar-refractivity contribution in [3.8, 4) is 16.9 Å². The molecule has 4 rings (SSSR count). The average molecular weight is 411 g/mol. The summed E-state index contributed by atoms with van der Waals surface area (Å²) in [5.41, 5.74) is 10.9. The summed E-state index contributed by atoms with van der Waals surface area (Å²) in [7, 11) is 1.85. The van der Waals surface area contributed by atoms with Gasteiger partial charge in [-0.15, -0.1) is 0 Å². The first kappa shape index (κ1) is 19.9. The standard InChI is InChI=1S/C22H23F2N5O/c1-13(25)22-17-5-3-14(15-11-27-28(2)12-15)9-18(17)20(7-8-29(22)26)30-21-6-4-16(23)10-19(21)24/h3-6,9-12,20H,7-8,25-26H2,1-2H3/b22-13-. The first-order chi connectivity index (χ1) is 14.3. The van der Waals surface area contributed by atoms with Crippen LogP contribution in [0.2, 0.25) is 0 Å². The second-order valence-corrected chi connectivity index (χ2v) is 7.40. The molecule has 4 N–H and O–H groups in total. The maximum atomic E-state index is 14.3. The van der Waals surface area contributed by atoms with E-state index in [-0.39, 0.29) is 5.75 Å². The second-order valence-electron chi connectivity index (χ2n) is 7.40. The molecule has 0 radical (unpaired) electrons. The third-order valence-corrected chi connectivity index (χ3v) is 5.15. The third-order valence-electron chi connectivity index (χ3n) is 5.15. The van der Waals surface area contributed by atoms with Crippen LogP contribution in [0.3, 0.4) is 0 Å². The van der Waals surface area contributed by atoms with Gasteiger partial charge in [-0.05, 0) is 30.7 Å². The first-order valence-corrected chi connectivity index (χ1v) is 9.57. The molecule has 2 aromatic carbocycles. The summed E-state index contributed by atoms with van der Waals surface area (Å²) < 4.78 is 35.3. The van der Waals surface area contributed by atoms with Crippen LogP contribution in [-0.4, -0.2) is 21.3 Å². The summed E-state index contributed by atoms with van der Waals surface area (Å²) in [5.74, 6) is 4.84. The van der Waals surface area contributed by atoms with Crippen molar-refractivity contribution in [2.24, 2.45) is 18.6 Å². The molecule has 0 fully saturated rings. The van der Waals surface area contributed by atoms with E-state index in [4.69, 9.17) is 16.3 Å². The average Bonchev–Trinajstić information content (AvgIpc) is 3.07. The van der Waals surface area contributed by atoms with Gasteiger partial charge in [-0.25, -0.2) is 14.6 Å². The Bertz CT molecular complexity index is 1120. The molecule has 1 aromatic heterocycles. The summed E-state index contributed by atoms with van der Waals surface area (Å²) in [5, 5.41) is 5.81. The molecular formula is C22H23F2N5O. The molecule has 1 aliphatic heterocycles. The maximum Gasteiger partial charge on any atom is 0.168 e. The lowest BCUT2D eigenvalue weighted by molar-refractivity contribution is 0.177. The highest BCUT2D eigenvalue weighted by Crippen LogP contribution is 2.38. The summed E-state index contributed by atoms with van der Waals surface area (Å²) in [6, 6.07) is 9.17. The number of hydrogen-bond acceptors (Lipinski definition) is 5. The van der Waals surface area contributed by atoms with Gasteiger partial charge in [0.05, 0.1) is 11.9 Å². The van der Waals surface area contributed by atoms with Crippen LogP contribution < -0.4 is 16.3 Å². The van der Waals surface area contributed by atoms with Crippen LogP contribution in [0.25, 0.3) is 16.8 Å². The first-order valence-electron chi connectivity index (χ1n) is 9.57. The molecule has 156 valence electrons. The van der Waals surface area contributed by atoms with Crippen LogP contribution in [0.1, 0.15) is 30.6 Å². The number of hydrogen-bond donors (Lipinski definition) is 2. The van der Waals surface area contributed by atoms with Gasteiger partial charge in [0.15, 0.2) is 11.6 Å². The molecule has 0 saturated carbocycles. The number of hydrazine groups is 1. The second kappa shape index (κ2) is 7.79. The van der Waals surface area contributed by atoms with Crippen LogP contribution in [0.15, 0.2) is 54.5 Å². The smallest absolute Gasteiger partial charge is 0.168 e. The molecule has 6 nitrogen and oxygen atoms in total. The number of fused-ring (bicyclic) bond motifs is 1. The topological polar surface area (TPSA) is 82.3 Å². The highest BCUT2D eigenvalue weighted by atomic mass is 19.1. The molecule has 0 spiro atoms. The van der Waals surface area contributed by atoms with E-state index in [9.17, 15) is 8.78 Å². The SMILES string of the molecule is C/C(N)=C1\c2ccc(-c3cnn(C)c3)cc2C(Oc2ccc(F)cc2F)CCN1N. The predicted octanol–water partition coefficient (Wildman–Crippen LogP) is 3.71. The summed E-state index contributed by atoms with van der Waals surface area (Å²) in [6.07, 6.45) is 3.68. The molecule has 1 aliphatic rings. The van der Waals surface area contributed by atoms with Gasteiger partial charge in [0.2, 0.25) is 0 Å². The minimum Gasteiger partial charge on any atom is -0.483 e. The largest absolute Gasteiger partial charge is 0.483 e. The fourth-order valence-electron chi connectivity index (χ4n) is 3.76. The summed E-state index contributed by atoms with van der Waals surface area (Å²) in [6.45, 7) is 2.24. The van der Waals surface area contributed by atoms with Crippen LogP contribution in [0.5, 0.6) is 5.75 Å². The molecule has 0 saturated heterocycles. The van der Waals surface area contributed by atoms with Crippen molar-refractivity contribution < 1.29 is 13.5 Å². The number of aryl methyl sites for hydroxylation is 1. The van der Waals surface area contributed by atoms with Crippen LogP contribution in [0.4, 0.5) is 8.78 Å². The Morgan fingerprint density at radius 3 is 2.63 bits per heavy atom. The van der Waals surface area contributed by atoms with Crippen molar-refractivity contribution >= 4 is 5.70 Å². The number of halogens is 2. The van der Waals surface area contributed by atoms with E-state index in [2.05, 4.69) is 5.10 Å². The van der Waals surface area contributed by atoms with Gasteiger partial charge in [-0.1, -0.05) is 12.1 Å². The highest BCUT2D eigenvalue weighted by Gasteiger charge is 2.28. The van der Waals surface area contributed by atoms with Gasteiger partial charge in [0.1, 0.15) is 11.9 Å². The van der Waals surface area contributed by atoms with E-state index in [1.54, 1.807) is 22.8 Å². The molecule has 1 unspecified atom stereocenters. The number of allylic oxidation sites excluding steroid dienone is 1. The van der Waals surface area contributed by atoms with Crippen LogP contribution in [0, 0.1) is 11.6 Å². The van der Waals surface area contributed by atoms with E-state index < -0.39 is 17.7 Å². The molecule has 3 aromatic rings. The number of aromatic nitrogens is 2. The number of ether oxygens (including phenoxy) is 1. The van der Waals surface area contributed by atoms with Gasteiger partial charge in [0.25, 0.3) is 0 Å². The van der Waals surface area contributed by atoms with E-state index in [0.29, 0.717) is 24.4 Å². The van der Waals surface area contributed by atoms with E-state index in [0.717, 1.165) is 28.3 Å². The van der Waals surface area contributed by atoms with Crippen molar-refractivity contribution in [1.29, 1.82) is 0 Å². The van der Waals surface area contributed by atoms with Crippen molar-refractivity contribution in [2.45, 2.75) is 19.4 Å². The number of nitrogens with zero attached hydrogens (tertiary/aromatic N) is 3. The molecule has 8 heteroatoms. The fourth-order valence-corrected chi connectivity index (χ4v) is 3.76. The van der Waals surface area contributed by atoms with E-state index in [1.807, 2.05) is 31.4 Å². The van der Waals surface area contributed by atoms with E-state index in [1.165, 1.54) is 12.1 Å². The molecule has 0 aliphatic carbocycles. The van der Waals surface area contributed by atoms with Gasteiger partial charge >= 0.3 is 0 Å². The Balaban J connectivity index is 1.83. The third kappa shape index (κ3) is 3.73. The van der Waals surface area contributed by atoms with Gasteiger partial charge in [-0.2, -0.15) is 5.10 Å². The molecule has 2 heterocycles. The minimum atomic E-state index is -0.750. The molecule has 30 heavy (non-hydrogen) atoms. The lowest BCUT2D eigenvalue weighted by Gasteiger charge is -2.22. The van der Waals surface area contributed by atoms with Gasteiger partial charge in [-0.3, -0.25) is 4.68 Å². The van der Waals surface area contributed by atoms with Crippen LogP contribution in [-0.2, 0) is 7.05 Å². The zero-order valence-electron chi connectivity index (χ0n) is 16.8. The fraction of sp³-hybridized carbons (Fsp3) is 0.227. The highest BCUT2D eigenvalue weighted by molar-refractivity contribution is 5.74. The zero-order chi connectivity index (χ0) is 21.4. The zero-order valence-corrected chi connectivity index (χ0v) is 16.8. The number of nitrogens with two attached hydrogens (primary N) is 2.